The van der Waals surface area contributed by atoms with Gasteiger partial charge in [0.25, 0.3) is 0 Å². The number of hydrogen-bond acceptors (Lipinski definition) is 2. The van der Waals surface area contributed by atoms with Crippen molar-refractivity contribution >= 4 is 5.97 Å². The lowest BCUT2D eigenvalue weighted by Gasteiger charge is -2.10. The molecule has 1 atom stereocenters. The Morgan fingerprint density at radius 1 is 1.46 bits per heavy atom. The first-order valence-corrected chi connectivity index (χ1v) is 3.92. The molecule has 0 aliphatic heterocycles. The van der Waals surface area contributed by atoms with Crippen LogP contribution in [0.3, 0.4) is 0 Å². The summed E-state index contributed by atoms with van der Waals surface area (Å²) in [6, 6.07) is 9.23. The van der Waals surface area contributed by atoms with Crippen molar-refractivity contribution in [1.82, 2.24) is 0 Å². The normalized spacial score (nSPS) is 11.4. The molecule has 0 saturated carbocycles. The van der Waals surface area contributed by atoms with Crippen molar-refractivity contribution in [1.29, 1.82) is 0 Å². The molecule has 1 aromatic carbocycles. The lowest BCUT2D eigenvalue weighted by atomic mass is 10.1. The number of rotatable bonds is 2. The second-order valence-corrected chi connectivity index (χ2v) is 2.57. The minimum absolute atomic E-state index is 0.369. The molecule has 2 heteroatoms. The third-order valence-electron chi connectivity index (χ3n) is 1.54. The van der Waals surface area contributed by atoms with Crippen LogP contribution >= 0.6 is 0 Å². The monoisotopic (exact) mass is 174 g/mol. The Labute approximate surface area is 77.5 Å². The van der Waals surface area contributed by atoms with Crippen molar-refractivity contribution in [2.45, 2.75) is 13.0 Å². The average Bonchev–Trinajstić information content (AvgIpc) is 2.15. The molecule has 13 heavy (non-hydrogen) atoms. The number of benzene rings is 1. The Balaban J connectivity index is 2.80. The highest BCUT2D eigenvalue weighted by atomic mass is 16.5. The fraction of sp³-hybridized carbons (Fsp3) is 0.182. The first kappa shape index (κ1) is 9.34. The van der Waals surface area contributed by atoms with Gasteiger partial charge in [-0.15, -0.1) is 6.42 Å². The number of hydrogen-bond donors (Lipinski definition) is 0. The van der Waals surface area contributed by atoms with Crippen molar-refractivity contribution in [2.24, 2.45) is 0 Å². The van der Waals surface area contributed by atoms with Crippen molar-refractivity contribution < 1.29 is 9.53 Å². The molecule has 0 fully saturated rings. The maximum absolute atomic E-state index is 10.7. The Kier molecular flexibility index (Phi) is 3.10. The predicted molar refractivity (Wildman–Crippen MR) is 49.8 cm³/mol. The van der Waals surface area contributed by atoms with Gasteiger partial charge in [0.05, 0.1) is 0 Å². The summed E-state index contributed by atoms with van der Waals surface area (Å²) < 4.78 is 4.91. The molecule has 1 rings (SSSR count). The summed E-state index contributed by atoms with van der Waals surface area (Å²) in [5.74, 6) is 2.04. The second kappa shape index (κ2) is 4.32. The van der Waals surface area contributed by atoms with Crippen molar-refractivity contribution in [3.63, 3.8) is 0 Å². The summed E-state index contributed by atoms with van der Waals surface area (Å²) in [4.78, 5) is 10.7. The van der Waals surface area contributed by atoms with Crippen LogP contribution in [-0.2, 0) is 9.53 Å². The van der Waals surface area contributed by atoms with Gasteiger partial charge in [-0.2, -0.15) is 0 Å². The van der Waals surface area contributed by atoms with Gasteiger partial charge in [-0.3, -0.25) is 4.79 Å². The third-order valence-corrected chi connectivity index (χ3v) is 1.54. The Hall–Kier alpha value is -1.75. The molecule has 0 aromatic heterocycles. The number of ether oxygens (including phenoxy) is 1. The molecule has 0 N–H and O–H groups in total. The van der Waals surface area contributed by atoms with Crippen molar-refractivity contribution in [3.05, 3.63) is 35.9 Å². The zero-order valence-electron chi connectivity index (χ0n) is 7.36. The lowest BCUT2D eigenvalue weighted by molar-refractivity contribution is -0.144. The van der Waals surface area contributed by atoms with Crippen LogP contribution in [0.25, 0.3) is 0 Å². The summed E-state index contributed by atoms with van der Waals surface area (Å²) in [6.45, 7) is 1.34. The van der Waals surface area contributed by atoms with E-state index in [1.165, 1.54) is 6.92 Å². The highest BCUT2D eigenvalue weighted by Crippen LogP contribution is 2.15. The lowest BCUT2D eigenvalue weighted by Crippen LogP contribution is -2.05. The highest BCUT2D eigenvalue weighted by molar-refractivity contribution is 5.66. The van der Waals surface area contributed by atoms with E-state index in [9.17, 15) is 4.79 Å². The van der Waals surface area contributed by atoms with Crippen LogP contribution in [0.2, 0.25) is 0 Å². The summed E-state index contributed by atoms with van der Waals surface area (Å²) in [7, 11) is 0. The number of esters is 1. The highest BCUT2D eigenvalue weighted by Gasteiger charge is 2.09. The van der Waals surface area contributed by atoms with Gasteiger partial charge in [-0.05, 0) is 0 Å². The van der Waals surface area contributed by atoms with Crippen LogP contribution in [0.4, 0.5) is 0 Å². The molecule has 0 saturated heterocycles. The molecule has 66 valence electrons. The molecular weight excluding hydrogens is 164 g/mol. The second-order valence-electron chi connectivity index (χ2n) is 2.57. The van der Waals surface area contributed by atoms with Crippen LogP contribution in [0, 0.1) is 12.3 Å². The first-order chi connectivity index (χ1) is 6.24. The van der Waals surface area contributed by atoms with Gasteiger partial charge >= 0.3 is 5.97 Å². The predicted octanol–water partition coefficient (Wildman–Crippen LogP) is 1.92. The quantitative estimate of drug-likeness (QED) is 0.505. The molecule has 0 aliphatic carbocycles. The number of terminal acetylenes is 1. The zero-order valence-corrected chi connectivity index (χ0v) is 7.36. The van der Waals surface area contributed by atoms with E-state index in [-0.39, 0.29) is 5.97 Å². The van der Waals surface area contributed by atoms with Gasteiger partial charge in [0.2, 0.25) is 0 Å². The van der Waals surface area contributed by atoms with E-state index in [1.807, 2.05) is 30.3 Å². The fourth-order valence-corrected chi connectivity index (χ4v) is 0.992. The summed E-state index contributed by atoms with van der Waals surface area (Å²) in [5, 5.41) is 0. The smallest absolute Gasteiger partial charge is 0.304 e. The van der Waals surface area contributed by atoms with E-state index in [0.29, 0.717) is 0 Å². The SMILES string of the molecule is C#C[C@H](OC(C)=O)c1ccccc1. The van der Waals surface area contributed by atoms with Crippen LogP contribution in [0.1, 0.15) is 18.6 Å². The van der Waals surface area contributed by atoms with E-state index in [1.54, 1.807) is 0 Å². The fourth-order valence-electron chi connectivity index (χ4n) is 0.992. The number of carbonyl (C=O) groups is 1. The van der Waals surface area contributed by atoms with E-state index in [0.717, 1.165) is 5.56 Å². The topological polar surface area (TPSA) is 26.3 Å². The van der Waals surface area contributed by atoms with Gasteiger partial charge < -0.3 is 4.74 Å². The Bertz CT molecular complexity index is 322. The maximum Gasteiger partial charge on any atom is 0.304 e. The Morgan fingerprint density at radius 2 is 2.08 bits per heavy atom. The van der Waals surface area contributed by atoms with Crippen LogP contribution in [0.15, 0.2) is 30.3 Å². The van der Waals surface area contributed by atoms with Crippen LogP contribution in [0.5, 0.6) is 0 Å². The van der Waals surface area contributed by atoms with Crippen molar-refractivity contribution in [3.8, 4) is 12.3 Å². The van der Waals surface area contributed by atoms with Gasteiger partial charge in [-0.25, -0.2) is 0 Å². The molecule has 0 unspecified atom stereocenters. The molecule has 0 amide bonds. The molecule has 0 aliphatic rings. The van der Waals surface area contributed by atoms with Gasteiger partial charge in [0.15, 0.2) is 6.10 Å². The van der Waals surface area contributed by atoms with E-state index in [2.05, 4.69) is 5.92 Å². The van der Waals surface area contributed by atoms with Crippen LogP contribution in [-0.4, -0.2) is 5.97 Å². The average molecular weight is 174 g/mol. The molecule has 0 heterocycles. The minimum Gasteiger partial charge on any atom is -0.444 e. The largest absolute Gasteiger partial charge is 0.444 e. The van der Waals surface area contributed by atoms with Crippen LogP contribution < -0.4 is 0 Å². The molecule has 0 spiro atoms. The standard InChI is InChI=1S/C11H10O2/c1-3-11(13-9(2)12)10-7-5-4-6-8-10/h1,4-8,11H,2H3/t11-/m0/s1. The van der Waals surface area contributed by atoms with Gasteiger partial charge in [0, 0.05) is 12.5 Å². The number of carbonyl (C=O) groups excluding carboxylic acids is 1. The zero-order chi connectivity index (χ0) is 9.68. The summed E-state index contributed by atoms with van der Waals surface area (Å²) in [6.07, 6.45) is 4.66. The summed E-state index contributed by atoms with van der Waals surface area (Å²) >= 11 is 0. The summed E-state index contributed by atoms with van der Waals surface area (Å²) in [5.41, 5.74) is 0.820. The molecule has 0 radical (unpaired) electrons. The maximum atomic E-state index is 10.7. The molecular formula is C11H10O2. The van der Waals surface area contributed by atoms with E-state index < -0.39 is 6.10 Å². The molecule has 1 aromatic rings. The molecule has 2 nitrogen and oxygen atoms in total. The van der Waals surface area contributed by atoms with Crippen molar-refractivity contribution in [2.75, 3.05) is 0 Å². The minimum atomic E-state index is -0.571. The van der Waals surface area contributed by atoms with Gasteiger partial charge in [0.1, 0.15) is 0 Å². The Morgan fingerprint density at radius 3 is 2.54 bits per heavy atom. The van der Waals surface area contributed by atoms with E-state index >= 15 is 0 Å². The van der Waals surface area contributed by atoms with E-state index in [4.69, 9.17) is 11.2 Å². The molecule has 0 bridgehead atoms. The third kappa shape index (κ3) is 2.64. The van der Waals surface area contributed by atoms with Gasteiger partial charge in [-0.1, -0.05) is 36.3 Å². The first-order valence-electron chi connectivity index (χ1n) is 3.92.